The number of hydrogen-bond acceptors (Lipinski definition) is 4. The molecule has 1 aromatic carbocycles. The molecule has 3 aliphatic rings. The molecule has 0 unspecified atom stereocenters. The zero-order valence-electron chi connectivity index (χ0n) is 17.1. The highest BCUT2D eigenvalue weighted by Gasteiger charge is 2.35. The van der Waals surface area contributed by atoms with Gasteiger partial charge in [0, 0.05) is 49.9 Å². The monoisotopic (exact) mass is 412 g/mol. The summed E-state index contributed by atoms with van der Waals surface area (Å²) in [6, 6.07) is 5.48. The number of likely N-dealkylation sites (tertiary alicyclic amines) is 1. The Kier molecular flexibility index (Phi) is 6.01. The van der Waals surface area contributed by atoms with Crippen LogP contribution in [0.15, 0.2) is 18.2 Å². The Labute approximate surface area is 176 Å². The minimum atomic E-state index is -0.733. The fourth-order valence-electron chi connectivity index (χ4n) is 4.11. The normalized spacial score (nSPS) is 18.2. The first-order valence-electron chi connectivity index (χ1n) is 10.8. The van der Waals surface area contributed by atoms with Crippen molar-refractivity contribution in [3.63, 3.8) is 0 Å². The summed E-state index contributed by atoms with van der Waals surface area (Å²) in [6.45, 7) is 2.39. The van der Waals surface area contributed by atoms with Gasteiger partial charge in [-0.1, -0.05) is 6.07 Å². The quantitative estimate of drug-likeness (QED) is 0.546. The summed E-state index contributed by atoms with van der Waals surface area (Å²) in [7, 11) is 0. The average molecular weight is 412 g/mol. The molecule has 1 aliphatic carbocycles. The number of benzene rings is 1. The molecule has 0 spiro atoms. The van der Waals surface area contributed by atoms with Crippen molar-refractivity contribution in [2.75, 3.05) is 36.4 Å². The number of carbonyl (C=O) groups is 4. The van der Waals surface area contributed by atoms with E-state index in [2.05, 4.69) is 10.6 Å². The van der Waals surface area contributed by atoms with Crippen molar-refractivity contribution in [2.24, 2.45) is 5.92 Å². The maximum atomic E-state index is 12.6. The number of fused-ring (bicyclic) bond motifs is 1. The third-order valence-corrected chi connectivity index (χ3v) is 5.92. The highest BCUT2D eigenvalue weighted by molar-refractivity contribution is 6.39. The Morgan fingerprint density at radius 2 is 1.83 bits per heavy atom. The van der Waals surface area contributed by atoms with Gasteiger partial charge in [0.2, 0.25) is 11.8 Å². The maximum Gasteiger partial charge on any atom is 0.313 e. The van der Waals surface area contributed by atoms with Gasteiger partial charge in [-0.05, 0) is 56.2 Å². The predicted octanol–water partition coefficient (Wildman–Crippen LogP) is 1.44. The molecule has 2 heterocycles. The topological polar surface area (TPSA) is 98.8 Å². The highest BCUT2D eigenvalue weighted by Crippen LogP contribution is 2.36. The average Bonchev–Trinajstić information content (AvgIpc) is 3.52. The van der Waals surface area contributed by atoms with E-state index in [9.17, 15) is 19.2 Å². The van der Waals surface area contributed by atoms with Crippen LogP contribution in [0.25, 0.3) is 0 Å². The molecule has 4 rings (SSSR count). The molecule has 0 aromatic heterocycles. The SMILES string of the molecule is O=C(NCCCN1CCCC1=O)C(=O)Nc1ccc2c(c1)N(C(=O)C1CC1)CCC2. The second-order valence-corrected chi connectivity index (χ2v) is 8.26. The van der Waals surface area contributed by atoms with Gasteiger partial charge in [0.25, 0.3) is 0 Å². The molecule has 160 valence electrons. The Morgan fingerprint density at radius 1 is 1.03 bits per heavy atom. The number of amides is 4. The molecule has 1 saturated carbocycles. The van der Waals surface area contributed by atoms with E-state index >= 15 is 0 Å². The van der Waals surface area contributed by atoms with Crippen molar-refractivity contribution in [1.82, 2.24) is 10.2 Å². The van der Waals surface area contributed by atoms with Crippen LogP contribution in [0.3, 0.4) is 0 Å². The van der Waals surface area contributed by atoms with Gasteiger partial charge >= 0.3 is 11.8 Å². The minimum Gasteiger partial charge on any atom is -0.348 e. The lowest BCUT2D eigenvalue weighted by Gasteiger charge is -2.30. The van der Waals surface area contributed by atoms with Gasteiger partial charge in [0.05, 0.1) is 0 Å². The third-order valence-electron chi connectivity index (χ3n) is 5.92. The first kappa shape index (κ1) is 20.4. The minimum absolute atomic E-state index is 0.135. The molecule has 0 radical (unpaired) electrons. The summed E-state index contributed by atoms with van der Waals surface area (Å²) >= 11 is 0. The van der Waals surface area contributed by atoms with Crippen LogP contribution in [0.5, 0.6) is 0 Å². The van der Waals surface area contributed by atoms with Gasteiger partial charge in [-0.15, -0.1) is 0 Å². The molecule has 8 nitrogen and oxygen atoms in total. The van der Waals surface area contributed by atoms with Crippen molar-refractivity contribution in [1.29, 1.82) is 0 Å². The van der Waals surface area contributed by atoms with Crippen molar-refractivity contribution < 1.29 is 19.2 Å². The molecule has 1 aromatic rings. The van der Waals surface area contributed by atoms with Crippen molar-refractivity contribution in [2.45, 2.75) is 44.9 Å². The lowest BCUT2D eigenvalue weighted by atomic mass is 10.0. The first-order chi connectivity index (χ1) is 14.5. The lowest BCUT2D eigenvalue weighted by molar-refractivity contribution is -0.136. The molecule has 8 heteroatoms. The standard InChI is InChI=1S/C22H28N4O4/c27-19-5-2-11-25(19)12-3-10-23-20(28)21(29)24-17-9-8-15-4-1-13-26(18(15)14-17)22(30)16-6-7-16/h8-9,14,16H,1-7,10-13H2,(H,23,28)(H,24,29). The lowest BCUT2D eigenvalue weighted by Crippen LogP contribution is -2.38. The van der Waals surface area contributed by atoms with Gasteiger partial charge in [0.1, 0.15) is 0 Å². The van der Waals surface area contributed by atoms with Crippen molar-refractivity contribution >= 4 is 35.0 Å². The molecule has 4 amide bonds. The van der Waals surface area contributed by atoms with Crippen LogP contribution in [0.2, 0.25) is 0 Å². The molecule has 1 saturated heterocycles. The van der Waals surface area contributed by atoms with Crippen LogP contribution in [0.1, 0.15) is 44.1 Å². The number of nitrogens with one attached hydrogen (secondary N) is 2. The van der Waals surface area contributed by atoms with Gasteiger partial charge in [-0.3, -0.25) is 19.2 Å². The van der Waals surface area contributed by atoms with Crippen LogP contribution < -0.4 is 15.5 Å². The molecule has 30 heavy (non-hydrogen) atoms. The Bertz CT molecular complexity index is 865. The largest absolute Gasteiger partial charge is 0.348 e. The summed E-state index contributed by atoms with van der Waals surface area (Å²) in [5.74, 6) is -0.986. The summed E-state index contributed by atoms with van der Waals surface area (Å²) in [4.78, 5) is 52.1. The van der Waals surface area contributed by atoms with E-state index in [0.717, 1.165) is 49.9 Å². The molecule has 2 N–H and O–H groups in total. The van der Waals surface area contributed by atoms with Crippen LogP contribution in [-0.2, 0) is 25.6 Å². The van der Waals surface area contributed by atoms with Gasteiger partial charge in [0.15, 0.2) is 0 Å². The maximum absolute atomic E-state index is 12.6. The van der Waals surface area contributed by atoms with Crippen LogP contribution in [-0.4, -0.2) is 54.7 Å². The fourth-order valence-corrected chi connectivity index (χ4v) is 4.11. The van der Waals surface area contributed by atoms with Gasteiger partial charge in [-0.2, -0.15) is 0 Å². The smallest absolute Gasteiger partial charge is 0.313 e. The number of hydrogen-bond donors (Lipinski definition) is 2. The van der Waals surface area contributed by atoms with Crippen LogP contribution >= 0.6 is 0 Å². The predicted molar refractivity (Wildman–Crippen MR) is 112 cm³/mol. The molecule has 0 bridgehead atoms. The first-order valence-corrected chi connectivity index (χ1v) is 10.8. The Balaban J connectivity index is 1.29. The van der Waals surface area contributed by atoms with E-state index < -0.39 is 11.8 Å². The van der Waals surface area contributed by atoms with Crippen LogP contribution in [0, 0.1) is 5.92 Å². The van der Waals surface area contributed by atoms with E-state index in [1.165, 1.54) is 0 Å². The summed E-state index contributed by atoms with van der Waals surface area (Å²) in [5.41, 5.74) is 2.44. The molecular formula is C22H28N4O4. The molecular weight excluding hydrogens is 384 g/mol. The van der Waals surface area contributed by atoms with Gasteiger partial charge < -0.3 is 20.4 Å². The number of carbonyl (C=O) groups excluding carboxylic acids is 4. The number of anilines is 2. The Morgan fingerprint density at radius 3 is 2.57 bits per heavy atom. The number of rotatable bonds is 6. The zero-order valence-corrected chi connectivity index (χ0v) is 17.1. The van der Waals surface area contributed by atoms with Crippen molar-refractivity contribution in [3.8, 4) is 0 Å². The van der Waals surface area contributed by atoms with E-state index in [4.69, 9.17) is 0 Å². The Hall–Kier alpha value is -2.90. The van der Waals surface area contributed by atoms with E-state index in [1.807, 2.05) is 11.0 Å². The second-order valence-electron chi connectivity index (χ2n) is 8.26. The van der Waals surface area contributed by atoms with Crippen molar-refractivity contribution in [3.05, 3.63) is 23.8 Å². The summed E-state index contributed by atoms with van der Waals surface area (Å²) < 4.78 is 0. The second kappa shape index (κ2) is 8.85. The summed E-state index contributed by atoms with van der Waals surface area (Å²) in [6.07, 6.45) is 5.83. The van der Waals surface area contributed by atoms with E-state index in [1.54, 1.807) is 17.0 Å². The van der Waals surface area contributed by atoms with E-state index in [0.29, 0.717) is 38.2 Å². The highest BCUT2D eigenvalue weighted by atomic mass is 16.2. The summed E-state index contributed by atoms with van der Waals surface area (Å²) in [5, 5.41) is 5.23. The third kappa shape index (κ3) is 4.63. The zero-order chi connectivity index (χ0) is 21.1. The molecule has 2 aliphatic heterocycles. The van der Waals surface area contributed by atoms with Gasteiger partial charge in [-0.25, -0.2) is 0 Å². The van der Waals surface area contributed by atoms with E-state index in [-0.39, 0.29) is 17.7 Å². The van der Waals surface area contributed by atoms with Crippen LogP contribution in [0.4, 0.5) is 11.4 Å². The molecule has 2 fully saturated rings. The fraction of sp³-hybridized carbons (Fsp3) is 0.545. The number of aryl methyl sites for hydroxylation is 1. The number of nitrogens with zero attached hydrogens (tertiary/aromatic N) is 2. The molecule has 0 atom stereocenters.